The van der Waals surface area contributed by atoms with Crippen molar-refractivity contribution in [1.29, 1.82) is 5.26 Å². The van der Waals surface area contributed by atoms with Crippen molar-refractivity contribution in [2.75, 3.05) is 12.4 Å². The molecule has 0 bridgehead atoms. The van der Waals surface area contributed by atoms with Crippen molar-refractivity contribution < 1.29 is 9.13 Å². The Morgan fingerprint density at radius 1 is 1.24 bits per heavy atom. The number of ether oxygens (including phenoxy) is 1. The second kappa shape index (κ2) is 6.27. The maximum atomic E-state index is 13.3. The van der Waals surface area contributed by atoms with E-state index >= 15 is 0 Å². The number of nitrogens with one attached hydrogen (secondary N) is 1. The fourth-order valence-electron chi connectivity index (χ4n) is 2.20. The SMILES string of the molecule is COc1cc(C)ccc1C(C)Nc1ccc(F)c(C#N)c1. The lowest BCUT2D eigenvalue weighted by atomic mass is 10.0. The number of nitriles is 1. The quantitative estimate of drug-likeness (QED) is 0.915. The minimum Gasteiger partial charge on any atom is -0.496 e. The van der Waals surface area contributed by atoms with Crippen molar-refractivity contribution >= 4 is 5.69 Å². The molecule has 0 amide bonds. The van der Waals surface area contributed by atoms with E-state index in [2.05, 4.69) is 5.32 Å². The molecule has 1 N–H and O–H groups in total. The monoisotopic (exact) mass is 284 g/mol. The molecule has 0 aliphatic heterocycles. The van der Waals surface area contributed by atoms with E-state index < -0.39 is 5.82 Å². The lowest BCUT2D eigenvalue weighted by Crippen LogP contribution is -2.08. The lowest BCUT2D eigenvalue weighted by molar-refractivity contribution is 0.407. The van der Waals surface area contributed by atoms with Crippen LogP contribution in [0.4, 0.5) is 10.1 Å². The average molecular weight is 284 g/mol. The van der Waals surface area contributed by atoms with Gasteiger partial charge in [-0.05, 0) is 43.7 Å². The van der Waals surface area contributed by atoms with Crippen LogP contribution in [0, 0.1) is 24.1 Å². The molecule has 1 unspecified atom stereocenters. The third-order valence-corrected chi connectivity index (χ3v) is 3.33. The predicted octanol–water partition coefficient (Wildman–Crippen LogP) is 4.19. The van der Waals surface area contributed by atoms with E-state index in [-0.39, 0.29) is 11.6 Å². The molecule has 2 rings (SSSR count). The number of rotatable bonds is 4. The van der Waals surface area contributed by atoms with E-state index in [4.69, 9.17) is 10.00 Å². The van der Waals surface area contributed by atoms with Crippen LogP contribution in [-0.2, 0) is 0 Å². The molecule has 0 spiro atoms. The summed E-state index contributed by atoms with van der Waals surface area (Å²) in [6.07, 6.45) is 0. The largest absolute Gasteiger partial charge is 0.496 e. The third-order valence-electron chi connectivity index (χ3n) is 3.33. The van der Waals surface area contributed by atoms with Crippen LogP contribution in [0.15, 0.2) is 36.4 Å². The fourth-order valence-corrected chi connectivity index (χ4v) is 2.20. The minimum absolute atomic E-state index is 0.0300. The van der Waals surface area contributed by atoms with Gasteiger partial charge in [-0.25, -0.2) is 4.39 Å². The highest BCUT2D eigenvalue weighted by atomic mass is 19.1. The minimum atomic E-state index is -0.511. The molecule has 0 fully saturated rings. The zero-order valence-corrected chi connectivity index (χ0v) is 12.3. The zero-order chi connectivity index (χ0) is 15.4. The van der Waals surface area contributed by atoms with Crippen molar-refractivity contribution in [3.05, 3.63) is 58.9 Å². The number of aryl methyl sites for hydroxylation is 1. The van der Waals surface area contributed by atoms with Gasteiger partial charge in [-0.1, -0.05) is 12.1 Å². The molecule has 3 nitrogen and oxygen atoms in total. The molecule has 21 heavy (non-hydrogen) atoms. The molecule has 0 heterocycles. The number of benzene rings is 2. The summed E-state index contributed by atoms with van der Waals surface area (Å²) in [7, 11) is 1.64. The Bertz CT molecular complexity index is 692. The van der Waals surface area contributed by atoms with E-state index in [0.29, 0.717) is 5.69 Å². The molecule has 2 aromatic rings. The second-order valence-corrected chi connectivity index (χ2v) is 4.92. The van der Waals surface area contributed by atoms with Crippen LogP contribution in [0.1, 0.15) is 29.7 Å². The molecule has 0 aliphatic rings. The summed E-state index contributed by atoms with van der Waals surface area (Å²) >= 11 is 0. The van der Waals surface area contributed by atoms with Gasteiger partial charge in [0.1, 0.15) is 17.6 Å². The van der Waals surface area contributed by atoms with Crippen LogP contribution in [0.3, 0.4) is 0 Å². The summed E-state index contributed by atoms with van der Waals surface area (Å²) in [5.41, 5.74) is 2.86. The average Bonchev–Trinajstić information content (AvgIpc) is 2.48. The zero-order valence-electron chi connectivity index (χ0n) is 12.3. The predicted molar refractivity (Wildman–Crippen MR) is 80.9 cm³/mol. The number of anilines is 1. The van der Waals surface area contributed by atoms with Crippen LogP contribution in [0.5, 0.6) is 5.75 Å². The molecule has 0 saturated heterocycles. The van der Waals surface area contributed by atoms with Crippen molar-refractivity contribution in [1.82, 2.24) is 0 Å². The Kier molecular flexibility index (Phi) is 4.44. The van der Waals surface area contributed by atoms with Gasteiger partial charge in [0.05, 0.1) is 18.7 Å². The van der Waals surface area contributed by atoms with Gasteiger partial charge < -0.3 is 10.1 Å². The van der Waals surface area contributed by atoms with Gasteiger partial charge in [0.2, 0.25) is 0 Å². The Morgan fingerprint density at radius 2 is 2.00 bits per heavy atom. The summed E-state index contributed by atoms with van der Waals surface area (Å²) in [5, 5.41) is 12.1. The number of nitrogens with zero attached hydrogens (tertiary/aromatic N) is 1. The normalized spacial score (nSPS) is 11.6. The Labute approximate surface area is 124 Å². The molecule has 108 valence electrons. The van der Waals surface area contributed by atoms with Gasteiger partial charge in [-0.3, -0.25) is 0 Å². The van der Waals surface area contributed by atoms with Crippen LogP contribution in [-0.4, -0.2) is 7.11 Å². The van der Waals surface area contributed by atoms with Crippen LogP contribution in [0.2, 0.25) is 0 Å². The van der Waals surface area contributed by atoms with E-state index in [0.717, 1.165) is 16.9 Å². The summed E-state index contributed by atoms with van der Waals surface area (Å²) in [5.74, 6) is 0.293. The third kappa shape index (κ3) is 3.32. The van der Waals surface area contributed by atoms with E-state index in [1.165, 1.54) is 12.1 Å². The van der Waals surface area contributed by atoms with Gasteiger partial charge in [-0.2, -0.15) is 5.26 Å². The first kappa shape index (κ1) is 14.9. The molecule has 0 saturated carbocycles. The number of hydrogen-bond acceptors (Lipinski definition) is 3. The van der Waals surface area contributed by atoms with Gasteiger partial charge in [-0.15, -0.1) is 0 Å². The first-order valence-corrected chi connectivity index (χ1v) is 6.66. The van der Waals surface area contributed by atoms with Crippen LogP contribution >= 0.6 is 0 Å². The Balaban J connectivity index is 2.26. The first-order valence-electron chi connectivity index (χ1n) is 6.66. The highest BCUT2D eigenvalue weighted by Crippen LogP contribution is 2.29. The number of hydrogen-bond donors (Lipinski definition) is 1. The van der Waals surface area contributed by atoms with E-state index in [1.807, 2.05) is 38.1 Å². The molecule has 1 atom stereocenters. The molecular formula is C17H17FN2O. The van der Waals surface area contributed by atoms with Gasteiger partial charge in [0.15, 0.2) is 0 Å². The van der Waals surface area contributed by atoms with Crippen molar-refractivity contribution in [3.63, 3.8) is 0 Å². The van der Waals surface area contributed by atoms with Gasteiger partial charge in [0.25, 0.3) is 0 Å². The summed E-state index contributed by atoms with van der Waals surface area (Å²) in [6.45, 7) is 3.99. The van der Waals surface area contributed by atoms with E-state index in [1.54, 1.807) is 13.2 Å². The summed E-state index contributed by atoms with van der Waals surface area (Å²) in [4.78, 5) is 0. The molecule has 0 aromatic heterocycles. The van der Waals surface area contributed by atoms with E-state index in [9.17, 15) is 4.39 Å². The lowest BCUT2D eigenvalue weighted by Gasteiger charge is -2.19. The van der Waals surface area contributed by atoms with Crippen LogP contribution < -0.4 is 10.1 Å². The highest BCUT2D eigenvalue weighted by molar-refractivity contribution is 5.52. The fraction of sp³-hybridized carbons (Fsp3) is 0.235. The standard InChI is InChI=1S/C17H17FN2O/c1-11-4-6-15(17(8-11)21-3)12(2)20-14-5-7-16(18)13(9-14)10-19/h4-9,12,20H,1-3H3. The van der Waals surface area contributed by atoms with Crippen molar-refractivity contribution in [2.45, 2.75) is 19.9 Å². The van der Waals surface area contributed by atoms with Crippen molar-refractivity contribution in [2.24, 2.45) is 0 Å². The number of methoxy groups -OCH3 is 1. The maximum absolute atomic E-state index is 13.3. The topological polar surface area (TPSA) is 45.0 Å². The Hall–Kier alpha value is -2.54. The summed E-state index contributed by atoms with van der Waals surface area (Å²) < 4.78 is 18.7. The maximum Gasteiger partial charge on any atom is 0.141 e. The smallest absolute Gasteiger partial charge is 0.141 e. The molecular weight excluding hydrogens is 267 g/mol. The highest BCUT2D eigenvalue weighted by Gasteiger charge is 2.12. The molecule has 4 heteroatoms. The molecule has 0 radical (unpaired) electrons. The van der Waals surface area contributed by atoms with Crippen molar-refractivity contribution in [3.8, 4) is 11.8 Å². The molecule has 2 aromatic carbocycles. The van der Waals surface area contributed by atoms with Gasteiger partial charge >= 0.3 is 0 Å². The van der Waals surface area contributed by atoms with Gasteiger partial charge in [0, 0.05) is 11.3 Å². The first-order chi connectivity index (χ1) is 10.0. The molecule has 0 aliphatic carbocycles. The second-order valence-electron chi connectivity index (χ2n) is 4.92. The Morgan fingerprint density at radius 3 is 2.67 bits per heavy atom. The number of halogens is 1. The van der Waals surface area contributed by atoms with Crippen LogP contribution in [0.25, 0.3) is 0 Å². The summed E-state index contributed by atoms with van der Waals surface area (Å²) in [6, 6.07) is 12.2.